The molecule has 0 aromatic heterocycles. The maximum atomic E-state index is 11.8. The van der Waals surface area contributed by atoms with E-state index in [2.05, 4.69) is 19.2 Å². The summed E-state index contributed by atoms with van der Waals surface area (Å²) in [5.41, 5.74) is 0. The van der Waals surface area contributed by atoms with Crippen LogP contribution in [0.2, 0.25) is 0 Å². The predicted molar refractivity (Wildman–Crippen MR) is 74.9 cm³/mol. The van der Waals surface area contributed by atoms with Crippen LogP contribution in [-0.4, -0.2) is 57.0 Å². The van der Waals surface area contributed by atoms with E-state index in [4.69, 9.17) is 9.47 Å². The monoisotopic (exact) mass is 272 g/mol. The van der Waals surface area contributed by atoms with Gasteiger partial charge in [0.2, 0.25) is 5.91 Å². The zero-order valence-electron chi connectivity index (χ0n) is 12.5. The van der Waals surface area contributed by atoms with Crippen LogP contribution in [0.4, 0.5) is 0 Å². The van der Waals surface area contributed by atoms with Crippen LogP contribution < -0.4 is 5.32 Å². The molecule has 1 unspecified atom stereocenters. The highest BCUT2D eigenvalue weighted by Gasteiger charge is 2.29. The lowest BCUT2D eigenvalue weighted by Crippen LogP contribution is -2.39. The van der Waals surface area contributed by atoms with Gasteiger partial charge in [0.05, 0.1) is 25.9 Å². The quantitative estimate of drug-likeness (QED) is 0.608. The van der Waals surface area contributed by atoms with E-state index in [9.17, 15) is 4.79 Å². The van der Waals surface area contributed by atoms with Crippen molar-refractivity contribution < 1.29 is 14.3 Å². The first-order valence-corrected chi connectivity index (χ1v) is 7.24. The number of nitrogens with one attached hydrogen (secondary N) is 1. The van der Waals surface area contributed by atoms with Gasteiger partial charge in [0.15, 0.2) is 0 Å². The Hall–Kier alpha value is -0.650. The zero-order valence-corrected chi connectivity index (χ0v) is 12.5. The topological polar surface area (TPSA) is 50.8 Å². The van der Waals surface area contributed by atoms with E-state index in [1.54, 1.807) is 7.11 Å². The van der Waals surface area contributed by atoms with Gasteiger partial charge in [0, 0.05) is 20.3 Å². The lowest BCUT2D eigenvalue weighted by molar-refractivity contribution is -0.128. The molecule has 19 heavy (non-hydrogen) atoms. The number of carbonyl (C=O) groups excluding carboxylic acids is 1. The van der Waals surface area contributed by atoms with Crippen LogP contribution in [0.25, 0.3) is 0 Å². The van der Waals surface area contributed by atoms with Gasteiger partial charge < -0.3 is 14.4 Å². The van der Waals surface area contributed by atoms with Crippen LogP contribution in [0.3, 0.4) is 0 Å². The molecule has 1 N–H and O–H groups in total. The lowest BCUT2D eigenvalue weighted by Gasteiger charge is -2.25. The molecule has 1 aliphatic heterocycles. The zero-order chi connectivity index (χ0) is 14.1. The third kappa shape index (κ3) is 6.36. The average Bonchev–Trinajstić information content (AvgIpc) is 2.69. The number of methoxy groups -OCH3 is 1. The third-order valence-electron chi connectivity index (χ3n) is 3.25. The van der Waals surface area contributed by atoms with Gasteiger partial charge in [-0.15, -0.1) is 0 Å². The summed E-state index contributed by atoms with van der Waals surface area (Å²) < 4.78 is 10.3. The van der Waals surface area contributed by atoms with Crippen LogP contribution in [0, 0.1) is 5.92 Å². The maximum Gasteiger partial charge on any atom is 0.237 e. The van der Waals surface area contributed by atoms with E-state index < -0.39 is 0 Å². The van der Waals surface area contributed by atoms with E-state index in [0.717, 1.165) is 32.4 Å². The number of carbonyl (C=O) groups is 1. The Morgan fingerprint density at radius 1 is 1.32 bits per heavy atom. The number of unbranched alkanes of at least 4 members (excludes halogenated alkanes) is 1. The van der Waals surface area contributed by atoms with Gasteiger partial charge in [-0.2, -0.15) is 0 Å². The van der Waals surface area contributed by atoms with Gasteiger partial charge in [0.25, 0.3) is 0 Å². The third-order valence-corrected chi connectivity index (χ3v) is 3.25. The first-order valence-electron chi connectivity index (χ1n) is 7.24. The Kier molecular flexibility index (Phi) is 8.02. The SMILES string of the molecule is COCCOCCCCN1C(=O)CNC1CC(C)C. The van der Waals surface area contributed by atoms with Crippen LogP contribution in [0.1, 0.15) is 33.1 Å². The van der Waals surface area contributed by atoms with E-state index >= 15 is 0 Å². The van der Waals surface area contributed by atoms with Gasteiger partial charge in [-0.05, 0) is 25.2 Å². The van der Waals surface area contributed by atoms with Crippen molar-refractivity contribution >= 4 is 5.91 Å². The van der Waals surface area contributed by atoms with E-state index in [1.807, 2.05) is 4.90 Å². The van der Waals surface area contributed by atoms with Crippen LogP contribution in [0.5, 0.6) is 0 Å². The van der Waals surface area contributed by atoms with Crippen molar-refractivity contribution in [1.29, 1.82) is 0 Å². The summed E-state index contributed by atoms with van der Waals surface area (Å²) in [5.74, 6) is 0.828. The number of rotatable bonds is 10. The Morgan fingerprint density at radius 3 is 2.79 bits per heavy atom. The van der Waals surface area contributed by atoms with Crippen molar-refractivity contribution in [2.24, 2.45) is 5.92 Å². The summed E-state index contributed by atoms with van der Waals surface area (Å²) >= 11 is 0. The second-order valence-corrected chi connectivity index (χ2v) is 5.43. The number of ether oxygens (including phenoxy) is 2. The minimum atomic E-state index is 0.224. The van der Waals surface area contributed by atoms with Gasteiger partial charge in [-0.1, -0.05) is 13.8 Å². The number of hydrogen-bond acceptors (Lipinski definition) is 4. The molecule has 1 aliphatic rings. The molecule has 1 rings (SSSR count). The minimum absolute atomic E-state index is 0.224. The van der Waals surface area contributed by atoms with Crippen molar-refractivity contribution in [3.63, 3.8) is 0 Å². The second-order valence-electron chi connectivity index (χ2n) is 5.43. The van der Waals surface area contributed by atoms with Gasteiger partial charge in [-0.25, -0.2) is 0 Å². The van der Waals surface area contributed by atoms with E-state index in [1.165, 1.54) is 0 Å². The molecule has 0 spiro atoms. The molecule has 0 bridgehead atoms. The molecule has 5 heteroatoms. The van der Waals surface area contributed by atoms with Crippen molar-refractivity contribution in [3.05, 3.63) is 0 Å². The molecule has 1 fully saturated rings. The normalized spacial score (nSPS) is 19.7. The predicted octanol–water partition coefficient (Wildman–Crippen LogP) is 1.23. The fraction of sp³-hybridized carbons (Fsp3) is 0.929. The summed E-state index contributed by atoms with van der Waals surface area (Å²) in [6.45, 7) is 7.73. The van der Waals surface area contributed by atoms with E-state index in [0.29, 0.717) is 25.7 Å². The average molecular weight is 272 g/mol. The summed E-state index contributed by atoms with van der Waals surface area (Å²) in [4.78, 5) is 13.8. The molecule has 0 radical (unpaired) electrons. The lowest BCUT2D eigenvalue weighted by atomic mass is 10.1. The smallest absolute Gasteiger partial charge is 0.237 e. The molecule has 1 saturated heterocycles. The van der Waals surface area contributed by atoms with Gasteiger partial charge in [0.1, 0.15) is 0 Å². The minimum Gasteiger partial charge on any atom is -0.382 e. The molecule has 0 saturated carbocycles. The van der Waals surface area contributed by atoms with Crippen LogP contribution >= 0.6 is 0 Å². The number of hydrogen-bond donors (Lipinski definition) is 1. The second kappa shape index (κ2) is 9.28. The van der Waals surface area contributed by atoms with Crippen molar-refractivity contribution in [3.8, 4) is 0 Å². The number of nitrogens with zero attached hydrogens (tertiary/aromatic N) is 1. The van der Waals surface area contributed by atoms with Gasteiger partial charge >= 0.3 is 0 Å². The molecule has 0 aromatic carbocycles. The highest BCUT2D eigenvalue weighted by Crippen LogP contribution is 2.14. The summed E-state index contributed by atoms with van der Waals surface area (Å²) in [5, 5.41) is 3.29. The summed E-state index contributed by atoms with van der Waals surface area (Å²) in [6, 6.07) is 0. The van der Waals surface area contributed by atoms with E-state index in [-0.39, 0.29) is 12.1 Å². The molecular weight excluding hydrogens is 244 g/mol. The first kappa shape index (κ1) is 16.4. The Morgan fingerprint density at radius 2 is 2.11 bits per heavy atom. The van der Waals surface area contributed by atoms with Crippen molar-refractivity contribution in [2.45, 2.75) is 39.3 Å². The highest BCUT2D eigenvalue weighted by molar-refractivity contribution is 5.80. The molecular formula is C14H28N2O3. The van der Waals surface area contributed by atoms with Crippen LogP contribution in [0.15, 0.2) is 0 Å². The Bertz CT molecular complexity index is 259. The Labute approximate surface area is 116 Å². The van der Waals surface area contributed by atoms with Gasteiger partial charge in [-0.3, -0.25) is 10.1 Å². The fourth-order valence-corrected chi connectivity index (χ4v) is 2.26. The van der Waals surface area contributed by atoms with Crippen molar-refractivity contribution in [1.82, 2.24) is 10.2 Å². The fourth-order valence-electron chi connectivity index (χ4n) is 2.26. The largest absolute Gasteiger partial charge is 0.382 e. The first-order chi connectivity index (χ1) is 9.15. The van der Waals surface area contributed by atoms with Crippen LogP contribution in [-0.2, 0) is 14.3 Å². The molecule has 1 heterocycles. The molecule has 112 valence electrons. The highest BCUT2D eigenvalue weighted by atomic mass is 16.5. The Balaban J connectivity index is 2.13. The summed E-state index contributed by atoms with van der Waals surface area (Å²) in [7, 11) is 1.67. The molecule has 0 aliphatic carbocycles. The molecule has 1 amide bonds. The van der Waals surface area contributed by atoms with Crippen molar-refractivity contribution in [2.75, 3.05) is 40.0 Å². The standard InChI is InChI=1S/C14H28N2O3/c1-12(2)10-13-15-11-14(17)16(13)6-4-5-7-19-9-8-18-3/h12-13,15H,4-11H2,1-3H3. The molecule has 5 nitrogen and oxygen atoms in total. The molecule has 0 aromatic rings. The summed E-state index contributed by atoms with van der Waals surface area (Å²) in [6.07, 6.45) is 3.23. The number of amides is 1. The maximum absolute atomic E-state index is 11.8. The molecule has 1 atom stereocenters.